The number of hydrogen-bond donors (Lipinski definition) is 1. The van der Waals surface area contributed by atoms with Crippen LogP contribution >= 0.6 is 0 Å². The third-order valence-electron chi connectivity index (χ3n) is 3.37. The van der Waals surface area contributed by atoms with Crippen LogP contribution in [-0.4, -0.2) is 40.0 Å². The van der Waals surface area contributed by atoms with Crippen LogP contribution in [0.4, 0.5) is 0 Å². The molecule has 3 nitrogen and oxygen atoms in total. The molecule has 0 aromatic heterocycles. The number of benzene rings is 1. The van der Waals surface area contributed by atoms with Crippen molar-refractivity contribution < 1.29 is 9.47 Å². The minimum absolute atomic E-state index is 0.518. The van der Waals surface area contributed by atoms with E-state index in [1.807, 2.05) is 0 Å². The van der Waals surface area contributed by atoms with Gasteiger partial charge in [0.25, 0.3) is 0 Å². The molecule has 3 heteroatoms. The van der Waals surface area contributed by atoms with Crippen LogP contribution in [0, 0.1) is 6.92 Å². The van der Waals surface area contributed by atoms with Crippen LogP contribution in [0.3, 0.4) is 0 Å². The van der Waals surface area contributed by atoms with Crippen LogP contribution in [0.2, 0.25) is 0 Å². The van der Waals surface area contributed by atoms with Crippen LogP contribution in [0.25, 0.3) is 0 Å². The van der Waals surface area contributed by atoms with Gasteiger partial charge >= 0.3 is 0 Å². The zero-order chi connectivity index (χ0) is 14.6. The van der Waals surface area contributed by atoms with Crippen molar-refractivity contribution in [3.8, 4) is 0 Å². The molecule has 0 aliphatic carbocycles. The topological polar surface area (TPSA) is 30.5 Å². The van der Waals surface area contributed by atoms with Gasteiger partial charge in [0.15, 0.2) is 0 Å². The molecular weight excluding hydrogens is 250 g/mol. The van der Waals surface area contributed by atoms with Gasteiger partial charge in [-0.2, -0.15) is 0 Å². The van der Waals surface area contributed by atoms with E-state index < -0.39 is 0 Å². The fourth-order valence-electron chi connectivity index (χ4n) is 2.23. The minimum Gasteiger partial charge on any atom is -0.382 e. The molecule has 20 heavy (non-hydrogen) atoms. The highest BCUT2D eigenvalue weighted by Crippen LogP contribution is 2.20. The maximum Gasteiger partial charge on any atom is 0.0700 e. The largest absolute Gasteiger partial charge is 0.382 e. The first-order valence-corrected chi connectivity index (χ1v) is 7.62. The highest BCUT2D eigenvalue weighted by Gasteiger charge is 2.11. The van der Waals surface area contributed by atoms with Crippen LogP contribution in [0.15, 0.2) is 24.3 Å². The summed E-state index contributed by atoms with van der Waals surface area (Å²) in [6.45, 7) is 8.58. The lowest BCUT2D eigenvalue weighted by molar-refractivity contribution is 0.0670. The van der Waals surface area contributed by atoms with Crippen molar-refractivity contribution in [2.75, 3.05) is 40.0 Å². The second-order valence-electron chi connectivity index (χ2n) is 5.21. The molecule has 114 valence electrons. The van der Waals surface area contributed by atoms with Gasteiger partial charge in [0.05, 0.1) is 13.2 Å². The number of nitrogens with one attached hydrogen (secondary N) is 1. The number of rotatable bonds is 11. The van der Waals surface area contributed by atoms with Crippen LogP contribution in [0.5, 0.6) is 0 Å². The molecule has 0 heterocycles. The number of hydrogen-bond acceptors (Lipinski definition) is 3. The zero-order valence-corrected chi connectivity index (χ0v) is 13.2. The SMILES string of the molecule is CCCNCC(CCOCCOC)c1cccc(C)c1. The molecule has 1 unspecified atom stereocenters. The summed E-state index contributed by atoms with van der Waals surface area (Å²) in [6.07, 6.45) is 2.22. The average molecular weight is 279 g/mol. The Morgan fingerprint density at radius 1 is 1.20 bits per heavy atom. The Labute approximate surface area is 123 Å². The normalized spacial score (nSPS) is 12.6. The van der Waals surface area contributed by atoms with E-state index in [0.717, 1.165) is 26.1 Å². The summed E-state index contributed by atoms with van der Waals surface area (Å²) in [7, 11) is 1.70. The van der Waals surface area contributed by atoms with E-state index in [4.69, 9.17) is 9.47 Å². The van der Waals surface area contributed by atoms with Crippen LogP contribution in [-0.2, 0) is 9.47 Å². The third-order valence-corrected chi connectivity index (χ3v) is 3.37. The van der Waals surface area contributed by atoms with Gasteiger partial charge in [-0.1, -0.05) is 36.8 Å². The summed E-state index contributed by atoms with van der Waals surface area (Å²) >= 11 is 0. The minimum atomic E-state index is 0.518. The molecule has 0 saturated heterocycles. The summed E-state index contributed by atoms with van der Waals surface area (Å²) in [5.41, 5.74) is 2.73. The number of methoxy groups -OCH3 is 1. The lowest BCUT2D eigenvalue weighted by atomic mass is 9.94. The van der Waals surface area contributed by atoms with E-state index in [0.29, 0.717) is 19.1 Å². The molecule has 1 N–H and O–H groups in total. The maximum atomic E-state index is 5.61. The van der Waals surface area contributed by atoms with E-state index in [1.54, 1.807) is 7.11 Å². The second kappa shape index (κ2) is 10.8. The Kier molecular flexibility index (Phi) is 9.29. The molecule has 0 spiro atoms. The highest BCUT2D eigenvalue weighted by atomic mass is 16.5. The molecule has 1 aromatic carbocycles. The molecule has 0 fully saturated rings. The summed E-state index contributed by atoms with van der Waals surface area (Å²) in [4.78, 5) is 0. The predicted octanol–water partition coefficient (Wildman–Crippen LogP) is 3.13. The standard InChI is InChI=1S/C17H29NO2/c1-4-9-18-14-17(8-10-20-12-11-19-3)16-7-5-6-15(2)13-16/h5-7,13,17-18H,4,8-12,14H2,1-3H3. The smallest absolute Gasteiger partial charge is 0.0700 e. The first-order valence-electron chi connectivity index (χ1n) is 7.62. The predicted molar refractivity (Wildman–Crippen MR) is 84.4 cm³/mol. The first-order chi connectivity index (χ1) is 9.77. The van der Waals surface area contributed by atoms with Gasteiger partial charge in [-0.3, -0.25) is 0 Å². The molecule has 0 amide bonds. The molecule has 1 atom stereocenters. The lowest BCUT2D eigenvalue weighted by Crippen LogP contribution is -2.23. The fraction of sp³-hybridized carbons (Fsp3) is 0.647. The molecule has 1 aromatic rings. The van der Waals surface area contributed by atoms with Crippen molar-refractivity contribution in [1.82, 2.24) is 5.32 Å². The highest BCUT2D eigenvalue weighted by molar-refractivity contribution is 5.25. The Morgan fingerprint density at radius 2 is 2.05 bits per heavy atom. The van der Waals surface area contributed by atoms with Gasteiger partial charge in [0, 0.05) is 20.3 Å². The van der Waals surface area contributed by atoms with Crippen molar-refractivity contribution in [2.45, 2.75) is 32.6 Å². The first kappa shape index (κ1) is 17.2. The Balaban J connectivity index is 2.47. The second-order valence-corrected chi connectivity index (χ2v) is 5.21. The molecule has 0 saturated carbocycles. The lowest BCUT2D eigenvalue weighted by Gasteiger charge is -2.18. The third kappa shape index (κ3) is 7.04. The van der Waals surface area contributed by atoms with E-state index in [9.17, 15) is 0 Å². The molecule has 0 aliphatic heterocycles. The Morgan fingerprint density at radius 3 is 2.75 bits per heavy atom. The monoisotopic (exact) mass is 279 g/mol. The van der Waals surface area contributed by atoms with Gasteiger partial charge in [0.2, 0.25) is 0 Å². The van der Waals surface area contributed by atoms with E-state index in [2.05, 4.69) is 43.4 Å². The van der Waals surface area contributed by atoms with E-state index >= 15 is 0 Å². The molecule has 1 rings (SSSR count). The molecule has 0 bridgehead atoms. The number of ether oxygens (including phenoxy) is 2. The Bertz CT molecular complexity index is 355. The summed E-state index contributed by atoms with van der Waals surface area (Å²) in [6, 6.07) is 8.80. The van der Waals surface area contributed by atoms with Crippen molar-refractivity contribution in [1.29, 1.82) is 0 Å². The van der Waals surface area contributed by atoms with Gasteiger partial charge < -0.3 is 14.8 Å². The fourth-order valence-corrected chi connectivity index (χ4v) is 2.23. The van der Waals surface area contributed by atoms with Crippen molar-refractivity contribution in [2.24, 2.45) is 0 Å². The van der Waals surface area contributed by atoms with Gasteiger partial charge in [-0.25, -0.2) is 0 Å². The Hall–Kier alpha value is -0.900. The summed E-state index contributed by atoms with van der Waals surface area (Å²) < 4.78 is 10.6. The van der Waals surface area contributed by atoms with E-state index in [1.165, 1.54) is 17.5 Å². The van der Waals surface area contributed by atoms with Gasteiger partial charge in [-0.15, -0.1) is 0 Å². The maximum absolute atomic E-state index is 5.61. The molecular formula is C17H29NO2. The van der Waals surface area contributed by atoms with Crippen molar-refractivity contribution in [3.05, 3.63) is 35.4 Å². The number of aryl methyl sites for hydroxylation is 1. The summed E-state index contributed by atoms with van der Waals surface area (Å²) in [5.74, 6) is 0.518. The van der Waals surface area contributed by atoms with Gasteiger partial charge in [0.1, 0.15) is 0 Å². The quantitative estimate of drug-likeness (QED) is 0.631. The van der Waals surface area contributed by atoms with Crippen molar-refractivity contribution in [3.63, 3.8) is 0 Å². The zero-order valence-electron chi connectivity index (χ0n) is 13.2. The van der Waals surface area contributed by atoms with Crippen LogP contribution < -0.4 is 5.32 Å². The van der Waals surface area contributed by atoms with Crippen LogP contribution in [0.1, 0.15) is 36.8 Å². The molecule has 0 aliphatic rings. The average Bonchev–Trinajstić information content (AvgIpc) is 2.45. The van der Waals surface area contributed by atoms with E-state index in [-0.39, 0.29) is 0 Å². The molecule has 0 radical (unpaired) electrons. The summed E-state index contributed by atoms with van der Waals surface area (Å²) in [5, 5.41) is 3.52. The van der Waals surface area contributed by atoms with Crippen molar-refractivity contribution >= 4 is 0 Å². The van der Waals surface area contributed by atoms with Gasteiger partial charge in [-0.05, 0) is 37.8 Å².